The van der Waals surface area contributed by atoms with Crippen LogP contribution in [-0.4, -0.2) is 71.7 Å². The minimum Gasteiger partial charge on any atom is -0.394 e. The molecule has 1 heterocycles. The molecule has 0 aliphatic carbocycles. The molecule has 0 spiro atoms. The highest BCUT2D eigenvalue weighted by Crippen LogP contribution is 2.30. The second-order valence-corrected chi connectivity index (χ2v) is 5.25. The molecule has 1 rings (SSSR count). The molecule has 0 radical (unpaired) electrons. The summed E-state index contributed by atoms with van der Waals surface area (Å²) in [5.74, 6) is 0. The normalized spacial score (nSPS) is 37.3. The van der Waals surface area contributed by atoms with Crippen LogP contribution in [0.15, 0.2) is 0 Å². The molecule has 1 fully saturated rings. The summed E-state index contributed by atoms with van der Waals surface area (Å²) in [4.78, 5) is 0. The van der Waals surface area contributed by atoms with E-state index in [0.29, 0.717) is 0 Å². The monoisotopic (exact) mass is 312 g/mol. The molecule has 1 saturated heterocycles. The highest BCUT2D eigenvalue weighted by Gasteiger charge is 2.53. The van der Waals surface area contributed by atoms with Gasteiger partial charge in [0, 0.05) is 0 Å². The number of hydrogen-bond acceptors (Lipinski definition) is 8. The number of aliphatic hydroxyl groups is 4. The van der Waals surface area contributed by atoms with Gasteiger partial charge in [-0.25, -0.2) is 0 Å². The molecular formula is C7H11F3O8S. The van der Waals surface area contributed by atoms with E-state index in [0.717, 1.165) is 0 Å². The number of halogens is 3. The van der Waals surface area contributed by atoms with Gasteiger partial charge < -0.3 is 25.2 Å². The Bertz CT molecular complexity index is 409. The van der Waals surface area contributed by atoms with Crippen molar-refractivity contribution < 1.29 is 50.9 Å². The van der Waals surface area contributed by atoms with Gasteiger partial charge in [0.2, 0.25) is 0 Å². The van der Waals surface area contributed by atoms with E-state index in [4.69, 9.17) is 5.11 Å². The van der Waals surface area contributed by atoms with Crippen LogP contribution in [0, 0.1) is 0 Å². The van der Waals surface area contributed by atoms with Crippen molar-refractivity contribution in [3.05, 3.63) is 0 Å². The summed E-state index contributed by atoms with van der Waals surface area (Å²) in [6, 6.07) is 0. The standard InChI is InChI=1S/C7H11F3O8S/c8-7(9,10)19(15,16)18-5-4(13)3(12)2(1-11)17-6(5)14/h2-6,11-14H,1H2/t2?,3-,4?,5-,6-/m1/s1. The van der Waals surface area contributed by atoms with Crippen LogP contribution >= 0.6 is 0 Å². The van der Waals surface area contributed by atoms with Gasteiger partial charge in [0.05, 0.1) is 6.61 Å². The van der Waals surface area contributed by atoms with E-state index in [1.165, 1.54) is 0 Å². The molecule has 0 amide bonds. The van der Waals surface area contributed by atoms with E-state index >= 15 is 0 Å². The van der Waals surface area contributed by atoms with Crippen molar-refractivity contribution in [3.8, 4) is 0 Å². The highest BCUT2D eigenvalue weighted by molar-refractivity contribution is 7.87. The summed E-state index contributed by atoms with van der Waals surface area (Å²) in [5.41, 5.74) is -5.76. The topological polar surface area (TPSA) is 134 Å². The Morgan fingerprint density at radius 1 is 1.16 bits per heavy atom. The zero-order valence-corrected chi connectivity index (χ0v) is 9.87. The SMILES string of the molecule is O=S(=O)(O[C@@H]1C(O)[C@H](O)C(CO)O[C@H]1O)C(F)(F)F. The van der Waals surface area contributed by atoms with Crippen molar-refractivity contribution in [1.29, 1.82) is 0 Å². The van der Waals surface area contributed by atoms with Crippen LogP contribution in [0.3, 0.4) is 0 Å². The van der Waals surface area contributed by atoms with Crippen LogP contribution < -0.4 is 0 Å². The molecule has 19 heavy (non-hydrogen) atoms. The minimum absolute atomic E-state index is 0.853. The Morgan fingerprint density at radius 2 is 1.68 bits per heavy atom. The van der Waals surface area contributed by atoms with E-state index in [9.17, 15) is 36.9 Å². The molecule has 2 unspecified atom stereocenters. The number of hydrogen-bond donors (Lipinski definition) is 4. The van der Waals surface area contributed by atoms with Crippen molar-refractivity contribution in [2.24, 2.45) is 0 Å². The number of aliphatic hydroxyl groups excluding tert-OH is 4. The summed E-state index contributed by atoms with van der Waals surface area (Å²) in [6.07, 6.45) is -10.3. The van der Waals surface area contributed by atoms with E-state index in [1.54, 1.807) is 0 Å². The van der Waals surface area contributed by atoms with Gasteiger partial charge in [0.15, 0.2) is 12.4 Å². The molecule has 0 aromatic heterocycles. The lowest BCUT2D eigenvalue weighted by atomic mass is 9.99. The summed E-state index contributed by atoms with van der Waals surface area (Å²) in [7, 11) is -6.08. The van der Waals surface area contributed by atoms with Crippen molar-refractivity contribution in [2.75, 3.05) is 6.61 Å². The van der Waals surface area contributed by atoms with Crippen molar-refractivity contribution in [2.45, 2.75) is 36.2 Å². The molecule has 1 aliphatic rings. The Balaban J connectivity index is 2.90. The third kappa shape index (κ3) is 3.34. The van der Waals surface area contributed by atoms with Crippen LogP contribution in [0.4, 0.5) is 13.2 Å². The van der Waals surface area contributed by atoms with Gasteiger partial charge in [-0.05, 0) is 0 Å². The predicted octanol–water partition coefficient (Wildman–Crippen LogP) is -2.35. The molecule has 0 aromatic rings. The Hall–Kier alpha value is -0.500. The molecule has 0 aromatic carbocycles. The fourth-order valence-electron chi connectivity index (χ4n) is 1.38. The van der Waals surface area contributed by atoms with E-state index in [2.05, 4.69) is 8.92 Å². The zero-order chi connectivity index (χ0) is 15.0. The lowest BCUT2D eigenvalue weighted by Crippen LogP contribution is -2.60. The summed E-state index contributed by atoms with van der Waals surface area (Å²) in [5, 5.41) is 36.6. The van der Waals surface area contributed by atoms with Gasteiger partial charge in [-0.15, -0.1) is 0 Å². The Morgan fingerprint density at radius 3 is 2.11 bits per heavy atom. The van der Waals surface area contributed by atoms with Crippen LogP contribution in [0.5, 0.6) is 0 Å². The van der Waals surface area contributed by atoms with Gasteiger partial charge in [-0.2, -0.15) is 21.6 Å². The molecule has 4 N–H and O–H groups in total. The maximum atomic E-state index is 12.1. The average Bonchev–Trinajstić information content (AvgIpc) is 2.27. The van der Waals surface area contributed by atoms with Crippen LogP contribution in [0.2, 0.25) is 0 Å². The smallest absolute Gasteiger partial charge is 0.394 e. The number of alkyl halides is 3. The summed E-state index contributed by atoms with van der Waals surface area (Å²) >= 11 is 0. The van der Waals surface area contributed by atoms with Crippen molar-refractivity contribution >= 4 is 10.1 Å². The average molecular weight is 312 g/mol. The minimum atomic E-state index is -6.08. The van der Waals surface area contributed by atoms with Crippen molar-refractivity contribution in [1.82, 2.24) is 0 Å². The van der Waals surface area contributed by atoms with Crippen LogP contribution in [-0.2, 0) is 19.0 Å². The lowest BCUT2D eigenvalue weighted by Gasteiger charge is -2.39. The fourth-order valence-corrected chi connectivity index (χ4v) is 1.99. The summed E-state index contributed by atoms with van der Waals surface area (Å²) in [6.45, 7) is -0.853. The van der Waals surface area contributed by atoms with Gasteiger partial charge in [-0.1, -0.05) is 0 Å². The van der Waals surface area contributed by atoms with Gasteiger partial charge in [0.25, 0.3) is 0 Å². The Kier molecular flexibility index (Phi) is 4.77. The van der Waals surface area contributed by atoms with E-state index < -0.39 is 52.9 Å². The van der Waals surface area contributed by atoms with E-state index in [-0.39, 0.29) is 0 Å². The van der Waals surface area contributed by atoms with Gasteiger partial charge in [-0.3, -0.25) is 4.18 Å². The second kappa shape index (κ2) is 5.47. The Labute approximate surface area is 105 Å². The van der Waals surface area contributed by atoms with Crippen LogP contribution in [0.25, 0.3) is 0 Å². The maximum absolute atomic E-state index is 12.1. The predicted molar refractivity (Wildman–Crippen MR) is 49.8 cm³/mol. The highest BCUT2D eigenvalue weighted by atomic mass is 32.2. The molecular weight excluding hydrogens is 301 g/mol. The molecule has 0 bridgehead atoms. The second-order valence-electron chi connectivity index (χ2n) is 3.69. The molecule has 114 valence electrons. The molecule has 0 saturated carbocycles. The molecule has 1 aliphatic heterocycles. The molecule has 5 atom stereocenters. The third-order valence-corrected chi connectivity index (χ3v) is 3.41. The first-order chi connectivity index (χ1) is 8.51. The van der Waals surface area contributed by atoms with Crippen LogP contribution in [0.1, 0.15) is 0 Å². The lowest BCUT2D eigenvalue weighted by molar-refractivity contribution is -0.281. The quantitative estimate of drug-likeness (QED) is 0.336. The largest absolute Gasteiger partial charge is 0.523 e. The maximum Gasteiger partial charge on any atom is 0.523 e. The van der Waals surface area contributed by atoms with Gasteiger partial charge in [0.1, 0.15) is 18.3 Å². The first-order valence-corrected chi connectivity index (χ1v) is 6.22. The van der Waals surface area contributed by atoms with Crippen molar-refractivity contribution in [3.63, 3.8) is 0 Å². The number of rotatable bonds is 3. The zero-order valence-electron chi connectivity index (χ0n) is 9.06. The van der Waals surface area contributed by atoms with Gasteiger partial charge >= 0.3 is 15.6 Å². The molecule has 8 nitrogen and oxygen atoms in total. The summed E-state index contributed by atoms with van der Waals surface area (Å²) < 4.78 is 65.7. The first-order valence-electron chi connectivity index (χ1n) is 4.81. The fraction of sp³-hybridized carbons (Fsp3) is 1.00. The first kappa shape index (κ1) is 16.6. The third-order valence-electron chi connectivity index (χ3n) is 2.36. The molecule has 12 heteroatoms. The van der Waals surface area contributed by atoms with E-state index in [1.807, 2.05) is 0 Å². The number of ether oxygens (including phenoxy) is 1.